The van der Waals surface area contributed by atoms with E-state index in [0.29, 0.717) is 0 Å². The number of amidine groups is 1. The summed E-state index contributed by atoms with van der Waals surface area (Å²) in [6.45, 7) is 4.75. The quantitative estimate of drug-likeness (QED) is 0.198. The van der Waals surface area contributed by atoms with Crippen molar-refractivity contribution in [3.63, 3.8) is 0 Å². The van der Waals surface area contributed by atoms with Crippen LogP contribution in [-0.2, 0) is 5.41 Å². The molecular weight excluding hydrogens is 595 g/mol. The summed E-state index contributed by atoms with van der Waals surface area (Å²) in [6, 6.07) is 59.0. The molecule has 2 atom stereocenters. The van der Waals surface area contributed by atoms with E-state index in [1.165, 1.54) is 60.8 Å². The Morgan fingerprint density at radius 2 is 1.12 bits per heavy atom. The molecule has 0 fully saturated rings. The van der Waals surface area contributed by atoms with E-state index in [2.05, 4.69) is 182 Å². The summed E-state index contributed by atoms with van der Waals surface area (Å²) in [6.07, 6.45) is -0.288. The summed E-state index contributed by atoms with van der Waals surface area (Å²) in [7, 11) is 0. The van der Waals surface area contributed by atoms with Gasteiger partial charge < -0.3 is 5.32 Å². The summed E-state index contributed by atoms with van der Waals surface area (Å²) in [5.74, 6) is 0.897. The van der Waals surface area contributed by atoms with Crippen LogP contribution in [0.4, 0.5) is 0 Å². The van der Waals surface area contributed by atoms with Crippen LogP contribution in [0.25, 0.3) is 44.2 Å². The number of hydrogen-bond donors (Lipinski definition) is 2. The second-order valence-electron chi connectivity index (χ2n) is 13.7. The largest absolute Gasteiger partial charge is 0.350 e. The summed E-state index contributed by atoms with van der Waals surface area (Å²) in [5, 5.41) is 10.0. The summed E-state index contributed by atoms with van der Waals surface area (Å²) < 4.78 is 0. The first-order valence-electron chi connectivity index (χ1n) is 17.1. The lowest BCUT2D eigenvalue weighted by Crippen LogP contribution is -2.45. The zero-order valence-electron chi connectivity index (χ0n) is 27.7. The van der Waals surface area contributed by atoms with E-state index in [9.17, 15) is 0 Å². The predicted molar refractivity (Wildman–Crippen MR) is 204 cm³/mol. The Labute approximate surface area is 288 Å². The van der Waals surface area contributed by atoms with Gasteiger partial charge in [0.2, 0.25) is 0 Å². The smallest absolute Gasteiger partial charge is 0.131 e. The van der Waals surface area contributed by atoms with Gasteiger partial charge in [-0.3, -0.25) is 5.32 Å². The van der Waals surface area contributed by atoms with Crippen molar-refractivity contribution >= 4 is 16.6 Å². The summed E-state index contributed by atoms with van der Waals surface area (Å²) >= 11 is 0. The van der Waals surface area contributed by atoms with E-state index >= 15 is 0 Å². The number of nitrogens with one attached hydrogen (secondary N) is 2. The van der Waals surface area contributed by atoms with Crippen LogP contribution in [0.1, 0.15) is 54.0 Å². The molecule has 0 spiro atoms. The third-order valence-electron chi connectivity index (χ3n) is 10.3. The number of nitrogens with zero attached hydrogens (tertiary/aromatic N) is 1. The van der Waals surface area contributed by atoms with Crippen LogP contribution >= 0.6 is 0 Å². The van der Waals surface area contributed by atoms with Crippen molar-refractivity contribution < 1.29 is 0 Å². The van der Waals surface area contributed by atoms with Crippen LogP contribution in [0.2, 0.25) is 0 Å². The maximum absolute atomic E-state index is 5.26. The van der Waals surface area contributed by atoms with Gasteiger partial charge in [0.25, 0.3) is 0 Å². The van der Waals surface area contributed by atoms with Gasteiger partial charge in [0.1, 0.15) is 18.2 Å². The van der Waals surface area contributed by atoms with Crippen molar-refractivity contribution in [2.24, 2.45) is 4.99 Å². The minimum atomic E-state index is -0.212. The first-order valence-corrected chi connectivity index (χ1v) is 17.1. The van der Waals surface area contributed by atoms with Crippen molar-refractivity contribution in [1.29, 1.82) is 0 Å². The molecule has 49 heavy (non-hydrogen) atoms. The fourth-order valence-electron chi connectivity index (χ4n) is 7.78. The van der Waals surface area contributed by atoms with Crippen LogP contribution in [0.15, 0.2) is 169 Å². The minimum Gasteiger partial charge on any atom is -0.350 e. The Kier molecular flexibility index (Phi) is 7.03. The average Bonchev–Trinajstić information content (AvgIpc) is 3.39. The van der Waals surface area contributed by atoms with Gasteiger partial charge in [0.05, 0.1) is 0 Å². The average molecular weight is 632 g/mol. The second kappa shape index (κ2) is 11.7. The minimum absolute atomic E-state index is 0.0758. The highest BCUT2D eigenvalue weighted by Gasteiger charge is 2.39. The van der Waals surface area contributed by atoms with Crippen molar-refractivity contribution in [2.45, 2.75) is 31.6 Å². The van der Waals surface area contributed by atoms with Gasteiger partial charge in [0.15, 0.2) is 0 Å². The molecule has 0 bridgehead atoms. The van der Waals surface area contributed by atoms with Crippen LogP contribution < -0.4 is 10.6 Å². The molecule has 1 aliphatic carbocycles. The Morgan fingerprint density at radius 3 is 1.86 bits per heavy atom. The Morgan fingerprint density at radius 1 is 0.510 bits per heavy atom. The molecule has 7 aromatic carbocycles. The van der Waals surface area contributed by atoms with Gasteiger partial charge in [-0.25, -0.2) is 4.99 Å². The molecule has 0 saturated heterocycles. The van der Waals surface area contributed by atoms with Gasteiger partial charge in [-0.1, -0.05) is 172 Å². The highest BCUT2D eigenvalue weighted by molar-refractivity contribution is 6.08. The molecule has 0 aromatic heterocycles. The number of aliphatic imine (C=N–C) groups is 1. The maximum atomic E-state index is 5.26. The maximum Gasteiger partial charge on any atom is 0.131 e. The van der Waals surface area contributed by atoms with Crippen LogP contribution in [0.5, 0.6) is 0 Å². The van der Waals surface area contributed by atoms with E-state index in [-0.39, 0.29) is 17.7 Å². The van der Waals surface area contributed by atoms with Crippen LogP contribution in [-0.4, -0.2) is 5.84 Å². The predicted octanol–water partition coefficient (Wildman–Crippen LogP) is 10.8. The molecule has 1 heterocycles. The second-order valence-corrected chi connectivity index (χ2v) is 13.7. The molecule has 2 aliphatic rings. The van der Waals surface area contributed by atoms with Crippen molar-refractivity contribution in [3.05, 3.63) is 192 Å². The Balaban J connectivity index is 1.18. The van der Waals surface area contributed by atoms with E-state index in [1.54, 1.807) is 0 Å². The molecule has 3 heteroatoms. The first kappa shape index (κ1) is 29.4. The lowest BCUT2D eigenvalue weighted by Gasteiger charge is -2.32. The number of fused-ring (bicyclic) bond motifs is 4. The number of hydrogen-bond acceptors (Lipinski definition) is 3. The molecule has 9 rings (SSSR count). The highest BCUT2D eigenvalue weighted by atomic mass is 15.3. The summed E-state index contributed by atoms with van der Waals surface area (Å²) in [5.41, 5.74) is 13.6. The molecule has 2 unspecified atom stereocenters. The normalized spacial score (nSPS) is 17.6. The van der Waals surface area contributed by atoms with Crippen molar-refractivity contribution in [3.8, 4) is 33.4 Å². The van der Waals surface area contributed by atoms with Crippen molar-refractivity contribution in [2.75, 3.05) is 0 Å². The lowest BCUT2D eigenvalue weighted by molar-refractivity contribution is 0.408. The topological polar surface area (TPSA) is 36.4 Å². The molecule has 236 valence electrons. The molecular formula is C46H37N3. The van der Waals surface area contributed by atoms with E-state index in [4.69, 9.17) is 4.99 Å². The molecule has 3 nitrogen and oxygen atoms in total. The van der Waals surface area contributed by atoms with E-state index in [1.807, 2.05) is 6.07 Å². The first-order chi connectivity index (χ1) is 24.0. The van der Waals surface area contributed by atoms with Gasteiger partial charge in [0, 0.05) is 11.0 Å². The van der Waals surface area contributed by atoms with Gasteiger partial charge in [-0.15, -0.1) is 0 Å². The SMILES string of the molecule is CC1(C)c2cc(C3N=C(c4ccccc4)NC(c4ccccc4)N3)ccc2-c2c1cc1ccccc1c2-c1ccc(-c2ccccc2)cc1. The highest BCUT2D eigenvalue weighted by Crippen LogP contribution is 2.55. The third kappa shape index (κ3) is 5.06. The fourth-order valence-corrected chi connectivity index (χ4v) is 7.78. The molecule has 0 saturated carbocycles. The zero-order chi connectivity index (χ0) is 33.0. The van der Waals surface area contributed by atoms with Gasteiger partial charge >= 0.3 is 0 Å². The zero-order valence-corrected chi connectivity index (χ0v) is 27.7. The van der Waals surface area contributed by atoms with Gasteiger partial charge in [-0.2, -0.15) is 0 Å². The third-order valence-corrected chi connectivity index (χ3v) is 10.3. The number of benzene rings is 7. The summed E-state index contributed by atoms with van der Waals surface area (Å²) in [4.78, 5) is 5.26. The Bertz CT molecular complexity index is 2340. The van der Waals surface area contributed by atoms with Crippen molar-refractivity contribution in [1.82, 2.24) is 10.6 Å². The molecule has 1 aliphatic heterocycles. The van der Waals surface area contributed by atoms with Crippen LogP contribution in [0.3, 0.4) is 0 Å². The standard InChI is InChI=1S/C46H37N3/c1-46(2)39-29-36(45-48-43(33-16-8-4-9-17-33)47-44(49-45)34-18-10-5-11-19-34)26-27-38(39)42-40(46)28-35-20-12-13-21-37(35)41(42)32-24-22-31(23-25-32)30-14-6-3-7-15-30/h3-29,43,45,48H,1-2H3,(H,47,49). The molecule has 0 amide bonds. The number of rotatable bonds is 5. The van der Waals surface area contributed by atoms with Crippen LogP contribution in [0, 0.1) is 0 Å². The lowest BCUT2D eigenvalue weighted by atomic mass is 9.80. The molecule has 0 radical (unpaired) electrons. The van der Waals surface area contributed by atoms with Gasteiger partial charge in [-0.05, 0) is 72.5 Å². The molecule has 7 aromatic rings. The van der Waals surface area contributed by atoms with E-state index in [0.717, 1.165) is 17.0 Å². The van der Waals surface area contributed by atoms with E-state index < -0.39 is 0 Å². The fraction of sp³-hybridized carbons (Fsp3) is 0.109. The Hall–Kier alpha value is -5.77. The monoisotopic (exact) mass is 631 g/mol. The molecule has 2 N–H and O–H groups in total.